The quantitative estimate of drug-likeness (QED) is 0.752. The smallest absolute Gasteiger partial charge is 0.243 e. The summed E-state index contributed by atoms with van der Waals surface area (Å²) in [5.41, 5.74) is 3.92. The molecular formula is C22H27ClN4O2. The standard InChI is InChI=1S/C22H27ClN4O2/c23-17-3-8-21(27-11-13-29-14-12-27)20(15-17)24-16-22(28)25-18-4-6-19(7-5-18)26-9-1-2-10-26/h3-8,15,24H,1-2,9-14,16H2,(H,25,28). The first-order valence-electron chi connectivity index (χ1n) is 10.2. The molecule has 0 unspecified atom stereocenters. The van der Waals surface area contributed by atoms with E-state index in [-0.39, 0.29) is 12.5 Å². The Labute approximate surface area is 176 Å². The lowest BCUT2D eigenvalue weighted by Gasteiger charge is -2.30. The van der Waals surface area contributed by atoms with E-state index < -0.39 is 0 Å². The van der Waals surface area contributed by atoms with Crippen LogP contribution in [0.1, 0.15) is 12.8 Å². The lowest BCUT2D eigenvalue weighted by atomic mass is 10.2. The average Bonchev–Trinajstić information content (AvgIpc) is 3.28. The van der Waals surface area contributed by atoms with Gasteiger partial charge in [-0.05, 0) is 55.3 Å². The topological polar surface area (TPSA) is 56.8 Å². The third-order valence-electron chi connectivity index (χ3n) is 5.37. The first kappa shape index (κ1) is 19.9. The highest BCUT2D eigenvalue weighted by Crippen LogP contribution is 2.30. The molecule has 2 fully saturated rings. The van der Waals surface area contributed by atoms with Gasteiger partial charge in [0.2, 0.25) is 5.91 Å². The molecule has 7 heteroatoms. The van der Waals surface area contributed by atoms with Crippen LogP contribution in [0.15, 0.2) is 42.5 Å². The van der Waals surface area contributed by atoms with Crippen molar-refractivity contribution in [3.63, 3.8) is 0 Å². The minimum atomic E-state index is -0.0909. The summed E-state index contributed by atoms with van der Waals surface area (Å²) in [5, 5.41) is 6.84. The fourth-order valence-corrected chi connectivity index (χ4v) is 4.01. The zero-order valence-corrected chi connectivity index (χ0v) is 17.3. The number of amides is 1. The molecule has 0 radical (unpaired) electrons. The van der Waals surface area contributed by atoms with Gasteiger partial charge in [-0.2, -0.15) is 0 Å². The highest BCUT2D eigenvalue weighted by molar-refractivity contribution is 6.31. The number of anilines is 4. The molecule has 2 N–H and O–H groups in total. The maximum Gasteiger partial charge on any atom is 0.243 e. The fourth-order valence-electron chi connectivity index (χ4n) is 3.84. The number of hydrogen-bond acceptors (Lipinski definition) is 5. The van der Waals surface area contributed by atoms with Crippen LogP contribution in [-0.4, -0.2) is 51.8 Å². The molecule has 4 rings (SSSR count). The monoisotopic (exact) mass is 414 g/mol. The summed E-state index contributed by atoms with van der Waals surface area (Å²) in [6.07, 6.45) is 2.50. The summed E-state index contributed by atoms with van der Waals surface area (Å²) >= 11 is 6.18. The Morgan fingerprint density at radius 2 is 1.69 bits per heavy atom. The van der Waals surface area contributed by atoms with Crippen LogP contribution in [0, 0.1) is 0 Å². The van der Waals surface area contributed by atoms with E-state index in [1.165, 1.54) is 18.5 Å². The summed E-state index contributed by atoms with van der Waals surface area (Å²) in [6.45, 7) is 5.46. The number of hydrogen-bond donors (Lipinski definition) is 2. The van der Waals surface area contributed by atoms with E-state index in [1.807, 2.05) is 30.3 Å². The Hall–Kier alpha value is -2.44. The van der Waals surface area contributed by atoms with Gasteiger partial charge in [-0.25, -0.2) is 0 Å². The van der Waals surface area contributed by atoms with Crippen LogP contribution in [0.5, 0.6) is 0 Å². The fraction of sp³-hybridized carbons (Fsp3) is 0.409. The Balaban J connectivity index is 1.35. The predicted octanol–water partition coefficient (Wildman–Crippen LogP) is 3.83. The zero-order valence-electron chi connectivity index (χ0n) is 16.5. The molecule has 2 saturated heterocycles. The van der Waals surface area contributed by atoms with Crippen molar-refractivity contribution in [1.82, 2.24) is 0 Å². The zero-order chi connectivity index (χ0) is 20.1. The van der Waals surface area contributed by atoms with Crippen molar-refractivity contribution in [3.05, 3.63) is 47.5 Å². The number of carbonyl (C=O) groups is 1. The third-order valence-corrected chi connectivity index (χ3v) is 5.61. The van der Waals surface area contributed by atoms with Crippen LogP contribution in [-0.2, 0) is 9.53 Å². The average molecular weight is 415 g/mol. The maximum absolute atomic E-state index is 12.4. The van der Waals surface area contributed by atoms with E-state index in [0.717, 1.165) is 43.2 Å². The normalized spacial score (nSPS) is 16.7. The first-order valence-corrected chi connectivity index (χ1v) is 10.6. The molecule has 0 spiro atoms. The molecule has 154 valence electrons. The molecular weight excluding hydrogens is 388 g/mol. The van der Waals surface area contributed by atoms with Crippen molar-refractivity contribution >= 4 is 40.3 Å². The van der Waals surface area contributed by atoms with Crippen molar-refractivity contribution in [1.29, 1.82) is 0 Å². The number of nitrogens with one attached hydrogen (secondary N) is 2. The van der Waals surface area contributed by atoms with Crippen LogP contribution < -0.4 is 20.4 Å². The van der Waals surface area contributed by atoms with Gasteiger partial charge < -0.3 is 25.2 Å². The summed E-state index contributed by atoms with van der Waals surface area (Å²) in [7, 11) is 0. The van der Waals surface area contributed by atoms with Gasteiger partial charge in [0.25, 0.3) is 0 Å². The molecule has 0 aliphatic carbocycles. The molecule has 2 heterocycles. The molecule has 0 bridgehead atoms. The van der Waals surface area contributed by atoms with Gasteiger partial charge in [-0.3, -0.25) is 4.79 Å². The first-order chi connectivity index (χ1) is 14.2. The van der Waals surface area contributed by atoms with Crippen molar-refractivity contribution in [3.8, 4) is 0 Å². The molecule has 29 heavy (non-hydrogen) atoms. The lowest BCUT2D eigenvalue weighted by molar-refractivity contribution is -0.114. The molecule has 0 saturated carbocycles. The molecule has 0 atom stereocenters. The molecule has 6 nitrogen and oxygen atoms in total. The van der Waals surface area contributed by atoms with Crippen molar-refractivity contribution in [2.24, 2.45) is 0 Å². The second-order valence-corrected chi connectivity index (χ2v) is 7.84. The van der Waals surface area contributed by atoms with Gasteiger partial charge in [-0.1, -0.05) is 11.6 Å². The highest BCUT2D eigenvalue weighted by atomic mass is 35.5. The Morgan fingerprint density at radius 1 is 0.966 bits per heavy atom. The number of nitrogens with zero attached hydrogens (tertiary/aromatic N) is 2. The summed E-state index contributed by atoms with van der Waals surface area (Å²) in [6, 6.07) is 13.8. The van der Waals surface area contributed by atoms with E-state index >= 15 is 0 Å². The van der Waals surface area contributed by atoms with Gasteiger partial charge in [0.15, 0.2) is 0 Å². The molecule has 2 aromatic carbocycles. The molecule has 2 aromatic rings. The van der Waals surface area contributed by atoms with Crippen molar-refractivity contribution < 1.29 is 9.53 Å². The molecule has 0 aromatic heterocycles. The maximum atomic E-state index is 12.4. The minimum absolute atomic E-state index is 0.0909. The van der Waals surface area contributed by atoms with Gasteiger partial charge in [0.05, 0.1) is 31.1 Å². The Kier molecular flexibility index (Phi) is 6.42. The van der Waals surface area contributed by atoms with Gasteiger partial charge in [-0.15, -0.1) is 0 Å². The lowest BCUT2D eigenvalue weighted by Crippen LogP contribution is -2.36. The van der Waals surface area contributed by atoms with Crippen LogP contribution in [0.25, 0.3) is 0 Å². The Morgan fingerprint density at radius 3 is 2.41 bits per heavy atom. The molecule has 2 aliphatic rings. The second kappa shape index (κ2) is 9.37. The van der Waals surface area contributed by atoms with E-state index in [9.17, 15) is 4.79 Å². The highest BCUT2D eigenvalue weighted by Gasteiger charge is 2.16. The number of morpholine rings is 1. The van der Waals surface area contributed by atoms with Crippen molar-refractivity contribution in [2.75, 3.05) is 66.4 Å². The van der Waals surface area contributed by atoms with Gasteiger partial charge >= 0.3 is 0 Å². The largest absolute Gasteiger partial charge is 0.378 e. The van der Waals surface area contributed by atoms with E-state index in [2.05, 4.69) is 32.6 Å². The number of carbonyl (C=O) groups excluding carboxylic acids is 1. The number of rotatable bonds is 6. The summed E-state index contributed by atoms with van der Waals surface area (Å²) < 4.78 is 5.43. The van der Waals surface area contributed by atoms with Crippen molar-refractivity contribution in [2.45, 2.75) is 12.8 Å². The number of benzene rings is 2. The number of halogens is 1. The molecule has 1 amide bonds. The Bertz CT molecular complexity index is 831. The second-order valence-electron chi connectivity index (χ2n) is 7.40. The van der Waals surface area contributed by atoms with Gasteiger partial charge in [0.1, 0.15) is 0 Å². The van der Waals surface area contributed by atoms with Gasteiger partial charge in [0, 0.05) is 42.6 Å². The van der Waals surface area contributed by atoms with E-state index in [0.29, 0.717) is 18.2 Å². The van der Waals surface area contributed by atoms with E-state index in [4.69, 9.17) is 16.3 Å². The predicted molar refractivity (Wildman–Crippen MR) is 119 cm³/mol. The minimum Gasteiger partial charge on any atom is -0.378 e. The summed E-state index contributed by atoms with van der Waals surface area (Å²) in [5.74, 6) is -0.0909. The van der Waals surface area contributed by atoms with Crippen LogP contribution in [0.4, 0.5) is 22.7 Å². The van der Waals surface area contributed by atoms with E-state index in [1.54, 1.807) is 0 Å². The third kappa shape index (κ3) is 5.14. The van der Waals surface area contributed by atoms with Crippen LogP contribution in [0.3, 0.4) is 0 Å². The SMILES string of the molecule is O=C(CNc1cc(Cl)ccc1N1CCOCC1)Nc1ccc(N2CCCC2)cc1. The summed E-state index contributed by atoms with van der Waals surface area (Å²) in [4.78, 5) is 17.1. The molecule has 2 aliphatic heterocycles. The number of ether oxygens (including phenoxy) is 1. The van der Waals surface area contributed by atoms with Crippen LogP contribution in [0.2, 0.25) is 5.02 Å². The van der Waals surface area contributed by atoms with Crippen LogP contribution >= 0.6 is 11.6 Å².